The summed E-state index contributed by atoms with van der Waals surface area (Å²) in [6, 6.07) is 10.0. The third kappa shape index (κ3) is 2.97. The first-order valence-electron chi connectivity index (χ1n) is 5.57. The minimum absolute atomic E-state index is 0.768. The Hall–Kier alpha value is -2.03. The fourth-order valence-corrected chi connectivity index (χ4v) is 1.63. The van der Waals surface area contributed by atoms with Crippen molar-refractivity contribution in [2.45, 2.75) is 13.5 Å². The molecule has 3 nitrogen and oxygen atoms in total. The maximum Gasteiger partial charge on any atom is 0.119 e. The van der Waals surface area contributed by atoms with Gasteiger partial charge in [0.2, 0.25) is 0 Å². The Balaban J connectivity index is 2.05. The molecule has 0 spiro atoms. The van der Waals surface area contributed by atoms with Crippen LogP contribution in [0.15, 0.2) is 42.7 Å². The lowest BCUT2D eigenvalue weighted by Crippen LogP contribution is -2.01. The molecule has 0 saturated carbocycles. The third-order valence-electron chi connectivity index (χ3n) is 2.66. The van der Waals surface area contributed by atoms with Crippen molar-refractivity contribution < 1.29 is 4.74 Å². The van der Waals surface area contributed by atoms with Gasteiger partial charge >= 0.3 is 0 Å². The zero-order valence-corrected chi connectivity index (χ0v) is 10.1. The standard InChI is InChI=1S/C14H16N2O/c1-11-6-7-15-10-14(11)16-9-12-4-3-5-13(8-12)17-2/h3-8,10,16H,9H2,1-2H3. The predicted octanol–water partition coefficient (Wildman–Crippen LogP) is 3.01. The molecule has 2 rings (SSSR count). The Morgan fingerprint density at radius 3 is 2.94 bits per heavy atom. The molecule has 1 heterocycles. The van der Waals surface area contributed by atoms with Crippen LogP contribution in [-0.2, 0) is 6.54 Å². The second-order valence-corrected chi connectivity index (χ2v) is 3.90. The Morgan fingerprint density at radius 1 is 1.29 bits per heavy atom. The van der Waals surface area contributed by atoms with Gasteiger partial charge in [-0.1, -0.05) is 12.1 Å². The lowest BCUT2D eigenvalue weighted by atomic mass is 10.2. The molecule has 0 aliphatic carbocycles. The molecule has 17 heavy (non-hydrogen) atoms. The van der Waals surface area contributed by atoms with Crippen LogP contribution in [0.3, 0.4) is 0 Å². The van der Waals surface area contributed by atoms with Gasteiger partial charge in [-0.05, 0) is 36.2 Å². The average Bonchev–Trinajstić information content (AvgIpc) is 2.38. The minimum atomic E-state index is 0.768. The molecule has 0 aliphatic rings. The molecule has 1 N–H and O–H groups in total. The normalized spacial score (nSPS) is 10.0. The van der Waals surface area contributed by atoms with Crippen LogP contribution < -0.4 is 10.1 Å². The van der Waals surface area contributed by atoms with Crippen molar-refractivity contribution in [2.24, 2.45) is 0 Å². The zero-order chi connectivity index (χ0) is 12.1. The zero-order valence-electron chi connectivity index (χ0n) is 10.1. The number of nitrogens with zero attached hydrogens (tertiary/aromatic N) is 1. The van der Waals surface area contributed by atoms with Gasteiger partial charge in [-0.2, -0.15) is 0 Å². The summed E-state index contributed by atoms with van der Waals surface area (Å²) < 4.78 is 5.19. The third-order valence-corrected chi connectivity index (χ3v) is 2.66. The van der Waals surface area contributed by atoms with Crippen molar-refractivity contribution in [2.75, 3.05) is 12.4 Å². The van der Waals surface area contributed by atoms with E-state index in [0.29, 0.717) is 0 Å². The maximum atomic E-state index is 5.19. The minimum Gasteiger partial charge on any atom is -0.497 e. The van der Waals surface area contributed by atoms with Gasteiger partial charge < -0.3 is 10.1 Å². The molecular formula is C14H16N2O. The number of hydrogen-bond acceptors (Lipinski definition) is 3. The van der Waals surface area contributed by atoms with Crippen LogP contribution in [0.1, 0.15) is 11.1 Å². The van der Waals surface area contributed by atoms with Crippen molar-refractivity contribution >= 4 is 5.69 Å². The van der Waals surface area contributed by atoms with Crippen molar-refractivity contribution in [1.82, 2.24) is 4.98 Å². The van der Waals surface area contributed by atoms with E-state index in [1.807, 2.05) is 30.5 Å². The first-order chi connectivity index (χ1) is 8.29. The van der Waals surface area contributed by atoms with Crippen LogP contribution >= 0.6 is 0 Å². The van der Waals surface area contributed by atoms with E-state index in [2.05, 4.69) is 23.3 Å². The molecule has 1 aromatic carbocycles. The predicted molar refractivity (Wildman–Crippen MR) is 69.3 cm³/mol. The van der Waals surface area contributed by atoms with Gasteiger partial charge in [0.1, 0.15) is 5.75 Å². The summed E-state index contributed by atoms with van der Waals surface area (Å²) >= 11 is 0. The maximum absolute atomic E-state index is 5.19. The van der Waals surface area contributed by atoms with Crippen LogP contribution in [0, 0.1) is 6.92 Å². The first kappa shape index (κ1) is 11.5. The number of aromatic nitrogens is 1. The highest BCUT2D eigenvalue weighted by atomic mass is 16.5. The molecule has 0 saturated heterocycles. The van der Waals surface area contributed by atoms with Gasteiger partial charge in [-0.25, -0.2) is 0 Å². The molecule has 0 bridgehead atoms. The summed E-state index contributed by atoms with van der Waals surface area (Å²) in [6.07, 6.45) is 3.64. The molecule has 0 unspecified atom stereocenters. The Morgan fingerprint density at radius 2 is 2.18 bits per heavy atom. The van der Waals surface area contributed by atoms with Gasteiger partial charge in [0.05, 0.1) is 19.0 Å². The molecule has 0 aliphatic heterocycles. The first-order valence-corrected chi connectivity index (χ1v) is 5.57. The summed E-state index contributed by atoms with van der Waals surface area (Å²) in [5.74, 6) is 0.882. The monoisotopic (exact) mass is 228 g/mol. The highest BCUT2D eigenvalue weighted by Gasteiger charge is 1.98. The number of benzene rings is 1. The highest BCUT2D eigenvalue weighted by molar-refractivity contribution is 5.48. The lowest BCUT2D eigenvalue weighted by Gasteiger charge is -2.09. The molecule has 88 valence electrons. The van der Waals surface area contributed by atoms with Crippen molar-refractivity contribution in [1.29, 1.82) is 0 Å². The van der Waals surface area contributed by atoms with Crippen LogP contribution in [0.4, 0.5) is 5.69 Å². The lowest BCUT2D eigenvalue weighted by molar-refractivity contribution is 0.414. The van der Waals surface area contributed by atoms with E-state index in [1.165, 1.54) is 11.1 Å². The number of aryl methyl sites for hydroxylation is 1. The molecule has 0 fully saturated rings. The van der Waals surface area contributed by atoms with Crippen LogP contribution in [0.25, 0.3) is 0 Å². The number of pyridine rings is 1. The SMILES string of the molecule is COc1cccc(CNc2cnccc2C)c1. The number of hydrogen-bond donors (Lipinski definition) is 1. The van der Waals surface area contributed by atoms with E-state index in [-0.39, 0.29) is 0 Å². The van der Waals surface area contributed by atoms with Crippen molar-refractivity contribution in [3.63, 3.8) is 0 Å². The summed E-state index contributed by atoms with van der Waals surface area (Å²) in [4.78, 5) is 4.10. The molecule has 0 radical (unpaired) electrons. The van der Waals surface area contributed by atoms with E-state index in [9.17, 15) is 0 Å². The fourth-order valence-electron chi connectivity index (χ4n) is 1.63. The van der Waals surface area contributed by atoms with Crippen LogP contribution in [-0.4, -0.2) is 12.1 Å². The molecule has 1 aromatic heterocycles. The summed E-state index contributed by atoms with van der Waals surface area (Å²) in [6.45, 7) is 2.83. The molecule has 2 aromatic rings. The van der Waals surface area contributed by atoms with Gasteiger partial charge in [-0.15, -0.1) is 0 Å². The van der Waals surface area contributed by atoms with Crippen LogP contribution in [0.5, 0.6) is 5.75 Å². The summed E-state index contributed by atoms with van der Waals surface area (Å²) in [7, 11) is 1.68. The molecule has 0 amide bonds. The average molecular weight is 228 g/mol. The number of ether oxygens (including phenoxy) is 1. The largest absolute Gasteiger partial charge is 0.497 e. The highest BCUT2D eigenvalue weighted by Crippen LogP contribution is 2.16. The molecular weight excluding hydrogens is 212 g/mol. The topological polar surface area (TPSA) is 34.1 Å². The number of anilines is 1. The Kier molecular flexibility index (Phi) is 3.60. The summed E-state index contributed by atoms with van der Waals surface area (Å²) in [5.41, 5.74) is 3.45. The van der Waals surface area contributed by atoms with Crippen molar-refractivity contribution in [3.8, 4) is 5.75 Å². The van der Waals surface area contributed by atoms with Gasteiger partial charge in [0.25, 0.3) is 0 Å². The number of nitrogens with one attached hydrogen (secondary N) is 1. The number of rotatable bonds is 4. The van der Waals surface area contributed by atoms with E-state index >= 15 is 0 Å². The van der Waals surface area contributed by atoms with E-state index in [1.54, 1.807) is 13.3 Å². The Labute approximate surface area is 101 Å². The van der Waals surface area contributed by atoms with E-state index in [0.717, 1.165) is 18.0 Å². The van der Waals surface area contributed by atoms with Crippen molar-refractivity contribution in [3.05, 3.63) is 53.9 Å². The smallest absolute Gasteiger partial charge is 0.119 e. The van der Waals surface area contributed by atoms with Gasteiger partial charge in [0, 0.05) is 12.7 Å². The summed E-state index contributed by atoms with van der Waals surface area (Å²) in [5, 5.41) is 3.36. The quantitative estimate of drug-likeness (QED) is 0.873. The van der Waals surface area contributed by atoms with Gasteiger partial charge in [0.15, 0.2) is 0 Å². The molecule has 0 atom stereocenters. The van der Waals surface area contributed by atoms with E-state index < -0.39 is 0 Å². The number of methoxy groups -OCH3 is 1. The Bertz CT molecular complexity index is 497. The van der Waals surface area contributed by atoms with E-state index in [4.69, 9.17) is 4.74 Å². The fraction of sp³-hybridized carbons (Fsp3) is 0.214. The molecule has 3 heteroatoms. The second kappa shape index (κ2) is 5.34. The second-order valence-electron chi connectivity index (χ2n) is 3.90. The van der Waals surface area contributed by atoms with Gasteiger partial charge in [-0.3, -0.25) is 4.98 Å². The van der Waals surface area contributed by atoms with Crippen LogP contribution in [0.2, 0.25) is 0 Å².